The summed E-state index contributed by atoms with van der Waals surface area (Å²) in [7, 11) is -3.50. The molecule has 6 nitrogen and oxygen atoms in total. The fourth-order valence-corrected chi connectivity index (χ4v) is 5.60. The Bertz CT molecular complexity index is 468. The molecule has 0 bridgehead atoms. The zero-order valence-electron chi connectivity index (χ0n) is 14.1. The predicted molar refractivity (Wildman–Crippen MR) is 91.3 cm³/mol. The summed E-state index contributed by atoms with van der Waals surface area (Å²) in [6.45, 7) is 8.67. The van der Waals surface area contributed by atoms with Crippen LogP contribution in [0.15, 0.2) is 18.2 Å². The Labute approximate surface area is 141 Å². The predicted octanol–water partition coefficient (Wildman–Crippen LogP) is 2.02. The second-order valence-corrected chi connectivity index (χ2v) is 8.63. The minimum atomic E-state index is -2.65. The van der Waals surface area contributed by atoms with Crippen molar-refractivity contribution in [3.8, 4) is 11.5 Å². The van der Waals surface area contributed by atoms with Crippen molar-refractivity contribution in [2.24, 2.45) is 0 Å². The Morgan fingerprint density at radius 1 is 1.09 bits per heavy atom. The Hall–Kier alpha value is -0.906. The van der Waals surface area contributed by atoms with Gasteiger partial charge in [0.25, 0.3) is 0 Å². The minimum absolute atomic E-state index is 0.488. The van der Waals surface area contributed by atoms with Gasteiger partial charge in [-0.05, 0) is 39.0 Å². The van der Waals surface area contributed by atoms with E-state index in [9.17, 15) is 0 Å². The van der Waals surface area contributed by atoms with Gasteiger partial charge in [-0.1, -0.05) is 0 Å². The van der Waals surface area contributed by atoms with Gasteiger partial charge in [-0.2, -0.15) is 0 Å². The molecule has 0 saturated heterocycles. The molecule has 0 aromatic heterocycles. The van der Waals surface area contributed by atoms with Crippen molar-refractivity contribution in [2.45, 2.75) is 33.4 Å². The standard InChI is InChI=1S/C15H26O6Si2/c1-4-18-23(19-5-2,20-6-3)10-9-16-14-7-8-15-13(11-14)12-17-22-21-15/h7-8,11H,4-6,9-10,12,22H2,1-3H3. The van der Waals surface area contributed by atoms with Crippen molar-refractivity contribution in [3.05, 3.63) is 23.8 Å². The molecular weight excluding hydrogens is 332 g/mol. The van der Waals surface area contributed by atoms with E-state index in [1.54, 1.807) is 0 Å². The Morgan fingerprint density at radius 2 is 1.78 bits per heavy atom. The van der Waals surface area contributed by atoms with E-state index in [1.165, 1.54) is 0 Å². The maximum Gasteiger partial charge on any atom is 0.504 e. The van der Waals surface area contributed by atoms with Gasteiger partial charge in [0.05, 0.1) is 19.3 Å². The third kappa shape index (κ3) is 5.30. The van der Waals surface area contributed by atoms with Gasteiger partial charge in [-0.15, -0.1) is 0 Å². The molecule has 1 heterocycles. The number of fused-ring (bicyclic) bond motifs is 1. The van der Waals surface area contributed by atoms with E-state index in [4.69, 9.17) is 26.9 Å². The van der Waals surface area contributed by atoms with Crippen LogP contribution in [0.1, 0.15) is 26.3 Å². The summed E-state index contributed by atoms with van der Waals surface area (Å²) in [4.78, 5) is 0. The number of hydrogen-bond acceptors (Lipinski definition) is 6. The highest BCUT2D eigenvalue weighted by Crippen LogP contribution is 2.27. The Morgan fingerprint density at radius 3 is 2.43 bits per heavy atom. The fourth-order valence-electron chi connectivity index (χ4n) is 2.45. The molecule has 1 aromatic rings. The summed E-state index contributed by atoms with van der Waals surface area (Å²) in [6, 6.07) is 6.45. The van der Waals surface area contributed by atoms with Crippen molar-refractivity contribution in [1.29, 1.82) is 0 Å². The molecule has 1 aliphatic heterocycles. The third-order valence-corrected chi connectivity index (χ3v) is 7.16. The molecule has 0 fully saturated rings. The highest BCUT2D eigenvalue weighted by Gasteiger charge is 2.40. The molecule has 0 saturated carbocycles. The van der Waals surface area contributed by atoms with Gasteiger partial charge in [-0.25, -0.2) is 0 Å². The maximum absolute atomic E-state index is 5.86. The lowest BCUT2D eigenvalue weighted by molar-refractivity contribution is 0.0675. The lowest BCUT2D eigenvalue weighted by atomic mass is 10.2. The van der Waals surface area contributed by atoms with Crippen LogP contribution in [0, 0.1) is 0 Å². The fraction of sp³-hybridized carbons (Fsp3) is 0.600. The van der Waals surface area contributed by atoms with E-state index in [0.29, 0.717) is 39.1 Å². The molecule has 0 N–H and O–H groups in total. The van der Waals surface area contributed by atoms with Gasteiger partial charge in [0.1, 0.15) is 11.5 Å². The SMILES string of the molecule is CCO[Si](CCOc1ccc2c(c1)CO[SiH2]O2)(OCC)OCC. The van der Waals surface area contributed by atoms with Crippen molar-refractivity contribution in [1.82, 2.24) is 0 Å². The van der Waals surface area contributed by atoms with Crippen molar-refractivity contribution < 1.29 is 26.9 Å². The first-order valence-corrected chi connectivity index (χ1v) is 11.2. The van der Waals surface area contributed by atoms with Crippen LogP contribution in [0.2, 0.25) is 6.04 Å². The molecule has 0 aliphatic carbocycles. The van der Waals surface area contributed by atoms with Gasteiger partial charge >= 0.3 is 18.8 Å². The molecular formula is C15H26O6Si2. The van der Waals surface area contributed by atoms with Gasteiger partial charge < -0.3 is 26.9 Å². The van der Waals surface area contributed by atoms with Crippen LogP contribution in [0.25, 0.3) is 0 Å². The summed E-state index contributed by atoms with van der Waals surface area (Å²) in [6.07, 6.45) is 0. The molecule has 1 aliphatic rings. The molecule has 0 radical (unpaired) electrons. The number of benzene rings is 1. The van der Waals surface area contributed by atoms with Gasteiger partial charge in [-0.3, -0.25) is 0 Å². The van der Waals surface area contributed by atoms with Crippen LogP contribution in [0.3, 0.4) is 0 Å². The molecule has 130 valence electrons. The van der Waals surface area contributed by atoms with Crippen LogP contribution in [0.4, 0.5) is 0 Å². The van der Waals surface area contributed by atoms with Crippen molar-refractivity contribution in [3.63, 3.8) is 0 Å². The minimum Gasteiger partial charge on any atom is -0.524 e. The maximum atomic E-state index is 5.86. The van der Waals surface area contributed by atoms with Crippen LogP contribution in [-0.4, -0.2) is 45.2 Å². The Kier molecular flexibility index (Phi) is 7.54. The van der Waals surface area contributed by atoms with Crippen LogP contribution in [-0.2, 0) is 24.3 Å². The van der Waals surface area contributed by atoms with Gasteiger partial charge in [0.2, 0.25) is 0 Å². The van der Waals surface area contributed by atoms with E-state index in [0.717, 1.165) is 17.1 Å². The normalized spacial score (nSPS) is 15.3. The topological polar surface area (TPSA) is 55.4 Å². The quantitative estimate of drug-likeness (QED) is 0.597. The first kappa shape index (κ1) is 18.4. The first-order valence-electron chi connectivity index (χ1n) is 8.11. The van der Waals surface area contributed by atoms with Crippen molar-refractivity contribution in [2.75, 3.05) is 26.4 Å². The molecule has 8 heteroatoms. The molecule has 0 spiro atoms. The third-order valence-electron chi connectivity index (χ3n) is 3.36. The average molecular weight is 359 g/mol. The largest absolute Gasteiger partial charge is 0.524 e. The number of ether oxygens (including phenoxy) is 1. The highest BCUT2D eigenvalue weighted by atomic mass is 28.4. The molecule has 0 unspecified atom stereocenters. The van der Waals surface area contributed by atoms with Crippen molar-refractivity contribution >= 4 is 18.8 Å². The summed E-state index contributed by atoms with van der Waals surface area (Å²) in [5, 5.41) is 0. The van der Waals surface area contributed by atoms with E-state index in [-0.39, 0.29) is 0 Å². The molecule has 1 aromatic carbocycles. The number of rotatable bonds is 10. The molecule has 0 atom stereocenters. The average Bonchev–Trinajstić information content (AvgIpc) is 2.55. The van der Waals surface area contributed by atoms with E-state index in [2.05, 4.69) is 0 Å². The van der Waals surface area contributed by atoms with Gasteiger partial charge in [0, 0.05) is 25.4 Å². The summed E-state index contributed by atoms with van der Waals surface area (Å²) in [5.74, 6) is 1.71. The summed E-state index contributed by atoms with van der Waals surface area (Å²) >= 11 is 0. The zero-order valence-corrected chi connectivity index (χ0v) is 16.5. The van der Waals surface area contributed by atoms with Crippen LogP contribution in [0.5, 0.6) is 11.5 Å². The molecule has 23 heavy (non-hydrogen) atoms. The zero-order chi connectivity index (χ0) is 16.5. The second-order valence-electron chi connectivity index (χ2n) is 4.96. The molecule has 2 rings (SSSR count). The lowest BCUT2D eigenvalue weighted by Gasteiger charge is -2.28. The lowest BCUT2D eigenvalue weighted by Crippen LogP contribution is -2.47. The van der Waals surface area contributed by atoms with E-state index < -0.39 is 18.8 Å². The smallest absolute Gasteiger partial charge is 0.504 e. The first-order chi connectivity index (χ1) is 11.2. The van der Waals surface area contributed by atoms with Crippen LogP contribution >= 0.6 is 0 Å². The Balaban J connectivity index is 1.93. The van der Waals surface area contributed by atoms with Crippen LogP contribution < -0.4 is 9.16 Å². The molecule has 0 amide bonds. The van der Waals surface area contributed by atoms with Gasteiger partial charge in [0.15, 0.2) is 0 Å². The second kappa shape index (κ2) is 9.40. The highest BCUT2D eigenvalue weighted by molar-refractivity contribution is 6.60. The van der Waals surface area contributed by atoms with E-state index in [1.807, 2.05) is 39.0 Å². The summed E-state index contributed by atoms with van der Waals surface area (Å²) in [5.41, 5.74) is 1.03. The number of hydrogen-bond donors (Lipinski definition) is 0. The van der Waals surface area contributed by atoms with E-state index >= 15 is 0 Å². The summed E-state index contributed by atoms with van der Waals surface area (Å²) < 4.78 is 34.3. The monoisotopic (exact) mass is 358 g/mol.